The maximum Gasteiger partial charge on any atom is 0.126 e. The minimum absolute atomic E-state index is 0.112. The van der Waals surface area contributed by atoms with Gasteiger partial charge in [0, 0.05) is 19.2 Å². The average molecular weight is 251 g/mol. The Hall–Kier alpha value is -0.930. The van der Waals surface area contributed by atoms with Crippen molar-refractivity contribution in [3.05, 3.63) is 35.1 Å². The van der Waals surface area contributed by atoms with Crippen LogP contribution < -0.4 is 0 Å². The van der Waals surface area contributed by atoms with Crippen LogP contribution in [0.2, 0.25) is 0 Å². The lowest BCUT2D eigenvalue weighted by Crippen LogP contribution is -2.27. The summed E-state index contributed by atoms with van der Waals surface area (Å²) in [6.45, 7) is 3.88. The van der Waals surface area contributed by atoms with Crippen LogP contribution in [-0.4, -0.2) is 29.2 Å². The van der Waals surface area contributed by atoms with Gasteiger partial charge in [0.2, 0.25) is 0 Å². The molecule has 1 N–H and O–H groups in total. The number of hydrogen-bond acceptors (Lipinski definition) is 2. The van der Waals surface area contributed by atoms with Gasteiger partial charge in [-0.1, -0.05) is 12.1 Å². The predicted octanol–water partition coefficient (Wildman–Crippen LogP) is 2.87. The Balaban J connectivity index is 1.92. The van der Waals surface area contributed by atoms with Gasteiger partial charge in [0.1, 0.15) is 5.82 Å². The molecule has 1 aromatic carbocycles. The van der Waals surface area contributed by atoms with Crippen LogP contribution >= 0.6 is 0 Å². The quantitative estimate of drug-likeness (QED) is 0.753. The van der Waals surface area contributed by atoms with E-state index in [4.69, 9.17) is 5.11 Å². The molecule has 0 bridgehead atoms. The first-order chi connectivity index (χ1) is 8.70. The maximum absolute atomic E-state index is 13.5. The Kier molecular flexibility index (Phi) is 4.72. The fourth-order valence-electron chi connectivity index (χ4n) is 2.23. The van der Waals surface area contributed by atoms with E-state index in [1.54, 1.807) is 13.0 Å². The minimum atomic E-state index is -0.112. The number of aliphatic hydroxyl groups is 1. The molecule has 0 unspecified atom stereocenters. The van der Waals surface area contributed by atoms with Crippen molar-refractivity contribution in [2.45, 2.75) is 45.2 Å². The molecule has 100 valence electrons. The van der Waals surface area contributed by atoms with Crippen molar-refractivity contribution in [2.75, 3.05) is 13.2 Å². The molecule has 0 saturated heterocycles. The third-order valence-corrected chi connectivity index (χ3v) is 3.54. The third-order valence-electron chi connectivity index (χ3n) is 3.54. The van der Waals surface area contributed by atoms with Crippen molar-refractivity contribution in [2.24, 2.45) is 0 Å². The highest BCUT2D eigenvalue weighted by Gasteiger charge is 2.28. The van der Waals surface area contributed by atoms with Gasteiger partial charge in [0.15, 0.2) is 0 Å². The summed E-state index contributed by atoms with van der Waals surface area (Å²) in [4.78, 5) is 2.42. The lowest BCUT2D eigenvalue weighted by atomic mass is 10.1. The normalized spacial score (nSPS) is 15.3. The lowest BCUT2D eigenvalue weighted by Gasteiger charge is -2.22. The smallest absolute Gasteiger partial charge is 0.126 e. The molecular weight excluding hydrogens is 229 g/mol. The van der Waals surface area contributed by atoms with Gasteiger partial charge >= 0.3 is 0 Å². The van der Waals surface area contributed by atoms with E-state index >= 15 is 0 Å². The fourth-order valence-corrected chi connectivity index (χ4v) is 2.23. The van der Waals surface area contributed by atoms with Crippen molar-refractivity contribution >= 4 is 0 Å². The van der Waals surface area contributed by atoms with Gasteiger partial charge in [-0.2, -0.15) is 0 Å². The van der Waals surface area contributed by atoms with Gasteiger partial charge in [-0.25, -0.2) is 4.39 Å². The first-order valence-electron chi connectivity index (χ1n) is 6.80. The van der Waals surface area contributed by atoms with Gasteiger partial charge < -0.3 is 5.11 Å². The summed E-state index contributed by atoms with van der Waals surface area (Å²) in [5.41, 5.74) is 1.76. The second kappa shape index (κ2) is 6.30. The second-order valence-corrected chi connectivity index (χ2v) is 5.22. The highest BCUT2D eigenvalue weighted by atomic mass is 19.1. The number of benzene rings is 1. The fraction of sp³-hybridized carbons (Fsp3) is 0.600. The lowest BCUT2D eigenvalue weighted by molar-refractivity contribution is 0.228. The van der Waals surface area contributed by atoms with Crippen LogP contribution in [0.3, 0.4) is 0 Å². The van der Waals surface area contributed by atoms with Crippen molar-refractivity contribution < 1.29 is 9.50 Å². The Labute approximate surface area is 108 Å². The molecule has 0 spiro atoms. The van der Waals surface area contributed by atoms with Crippen LogP contribution in [0, 0.1) is 12.7 Å². The Morgan fingerprint density at radius 3 is 2.72 bits per heavy atom. The van der Waals surface area contributed by atoms with Gasteiger partial charge in [0.05, 0.1) is 0 Å². The minimum Gasteiger partial charge on any atom is -0.396 e. The zero-order valence-electron chi connectivity index (χ0n) is 11.0. The van der Waals surface area contributed by atoms with Gasteiger partial charge in [-0.15, -0.1) is 0 Å². The zero-order valence-corrected chi connectivity index (χ0v) is 11.0. The monoisotopic (exact) mass is 251 g/mol. The number of rotatable bonds is 7. The van der Waals surface area contributed by atoms with Crippen molar-refractivity contribution in [3.63, 3.8) is 0 Å². The molecule has 0 aliphatic heterocycles. The average Bonchev–Trinajstić information content (AvgIpc) is 3.17. The Bertz CT molecular complexity index is 390. The molecule has 1 fully saturated rings. The van der Waals surface area contributed by atoms with Crippen LogP contribution in [0.5, 0.6) is 0 Å². The van der Waals surface area contributed by atoms with Crippen LogP contribution in [-0.2, 0) is 6.54 Å². The molecular formula is C15H22FNO. The molecule has 0 amide bonds. The summed E-state index contributed by atoms with van der Waals surface area (Å²) < 4.78 is 13.5. The third kappa shape index (κ3) is 3.79. The standard InChI is InChI=1S/C15H22FNO/c1-12-4-5-13(10-15(12)16)11-17(14-6-7-14)8-2-3-9-18/h4-5,10,14,18H,2-3,6-9,11H2,1H3. The molecule has 3 heteroatoms. The van der Waals surface area contributed by atoms with Gasteiger partial charge in [-0.05, 0) is 56.3 Å². The molecule has 18 heavy (non-hydrogen) atoms. The molecule has 0 aromatic heterocycles. The number of unbranched alkanes of at least 4 members (excludes halogenated alkanes) is 1. The van der Waals surface area contributed by atoms with Crippen molar-refractivity contribution in [3.8, 4) is 0 Å². The molecule has 0 radical (unpaired) electrons. The topological polar surface area (TPSA) is 23.5 Å². The first kappa shape index (κ1) is 13.5. The molecule has 1 saturated carbocycles. The maximum atomic E-state index is 13.5. The number of hydrogen-bond donors (Lipinski definition) is 1. The number of aliphatic hydroxyl groups excluding tert-OH is 1. The zero-order chi connectivity index (χ0) is 13.0. The highest BCUT2D eigenvalue weighted by Crippen LogP contribution is 2.28. The molecule has 2 rings (SSSR count). The first-order valence-corrected chi connectivity index (χ1v) is 6.80. The molecule has 0 heterocycles. The van der Waals surface area contributed by atoms with Crippen molar-refractivity contribution in [1.29, 1.82) is 0 Å². The van der Waals surface area contributed by atoms with Crippen LogP contribution in [0.4, 0.5) is 4.39 Å². The van der Waals surface area contributed by atoms with E-state index < -0.39 is 0 Å². The predicted molar refractivity (Wildman–Crippen MR) is 70.9 cm³/mol. The van der Waals surface area contributed by atoms with E-state index in [-0.39, 0.29) is 12.4 Å². The van der Waals surface area contributed by atoms with Crippen LogP contribution in [0.25, 0.3) is 0 Å². The number of halogens is 1. The van der Waals surface area contributed by atoms with E-state index in [1.807, 2.05) is 12.1 Å². The van der Waals surface area contributed by atoms with Gasteiger partial charge in [-0.3, -0.25) is 4.90 Å². The Morgan fingerprint density at radius 2 is 2.11 bits per heavy atom. The summed E-state index contributed by atoms with van der Waals surface area (Å²) >= 11 is 0. The summed E-state index contributed by atoms with van der Waals surface area (Å²) in [6, 6.07) is 6.19. The summed E-state index contributed by atoms with van der Waals surface area (Å²) in [5, 5.41) is 8.82. The van der Waals surface area contributed by atoms with E-state index in [0.29, 0.717) is 11.6 Å². The van der Waals surface area contributed by atoms with Crippen LogP contribution in [0.1, 0.15) is 36.8 Å². The Morgan fingerprint density at radius 1 is 1.33 bits per heavy atom. The molecule has 1 aromatic rings. The molecule has 0 atom stereocenters. The van der Waals surface area contributed by atoms with E-state index in [1.165, 1.54) is 12.8 Å². The number of aryl methyl sites for hydroxylation is 1. The summed E-state index contributed by atoms with van der Waals surface area (Å²) in [5.74, 6) is -0.112. The highest BCUT2D eigenvalue weighted by molar-refractivity contribution is 5.23. The summed E-state index contributed by atoms with van der Waals surface area (Å²) in [6.07, 6.45) is 4.38. The van der Waals surface area contributed by atoms with Gasteiger partial charge in [0.25, 0.3) is 0 Å². The van der Waals surface area contributed by atoms with E-state index in [0.717, 1.165) is 31.5 Å². The summed E-state index contributed by atoms with van der Waals surface area (Å²) in [7, 11) is 0. The van der Waals surface area contributed by atoms with E-state index in [9.17, 15) is 4.39 Å². The molecule has 1 aliphatic carbocycles. The van der Waals surface area contributed by atoms with E-state index in [2.05, 4.69) is 4.90 Å². The largest absolute Gasteiger partial charge is 0.396 e. The molecule has 2 nitrogen and oxygen atoms in total. The SMILES string of the molecule is Cc1ccc(CN(CCCCO)C2CC2)cc1F. The van der Waals surface area contributed by atoms with Crippen LogP contribution in [0.15, 0.2) is 18.2 Å². The van der Waals surface area contributed by atoms with Crippen molar-refractivity contribution in [1.82, 2.24) is 4.90 Å². The second-order valence-electron chi connectivity index (χ2n) is 5.22. The molecule has 1 aliphatic rings. The number of nitrogens with zero attached hydrogens (tertiary/aromatic N) is 1.